The van der Waals surface area contributed by atoms with E-state index in [9.17, 15) is 4.79 Å². The summed E-state index contributed by atoms with van der Waals surface area (Å²) in [5.41, 5.74) is 7.42. The molecule has 1 aromatic carbocycles. The van der Waals surface area contributed by atoms with E-state index in [-0.39, 0.29) is 6.03 Å². The predicted octanol–water partition coefficient (Wildman–Crippen LogP) is 1.31. The molecule has 5 heteroatoms. The molecular formula is C14H22N4O. The number of carbonyl (C=O) groups excluding carboxylic acids is 1. The summed E-state index contributed by atoms with van der Waals surface area (Å²) in [5.74, 6) is 0. The Morgan fingerprint density at radius 2 is 2.26 bits per heavy atom. The highest BCUT2D eigenvalue weighted by Gasteiger charge is 2.24. The highest BCUT2D eigenvalue weighted by molar-refractivity contribution is 5.89. The lowest BCUT2D eigenvalue weighted by Gasteiger charge is -2.37. The molecule has 1 atom stereocenters. The second-order valence-electron chi connectivity index (χ2n) is 5.11. The van der Waals surface area contributed by atoms with Crippen molar-refractivity contribution in [1.29, 1.82) is 0 Å². The topological polar surface area (TPSA) is 61.6 Å². The van der Waals surface area contributed by atoms with Gasteiger partial charge < -0.3 is 20.9 Å². The molecule has 0 aliphatic carbocycles. The Balaban J connectivity index is 1.97. The van der Waals surface area contributed by atoms with Gasteiger partial charge in [0.1, 0.15) is 0 Å². The Morgan fingerprint density at radius 3 is 2.95 bits per heavy atom. The van der Waals surface area contributed by atoms with Gasteiger partial charge in [-0.1, -0.05) is 12.1 Å². The van der Waals surface area contributed by atoms with E-state index >= 15 is 0 Å². The van der Waals surface area contributed by atoms with Crippen molar-refractivity contribution < 1.29 is 4.79 Å². The van der Waals surface area contributed by atoms with E-state index in [1.807, 2.05) is 29.2 Å². The lowest BCUT2D eigenvalue weighted by atomic mass is 10.2. The fraction of sp³-hybridized carbons (Fsp3) is 0.500. The van der Waals surface area contributed by atoms with E-state index in [1.54, 1.807) is 0 Å². The number of anilines is 1. The Labute approximate surface area is 114 Å². The molecule has 2 amide bonds. The molecule has 1 aromatic rings. The van der Waals surface area contributed by atoms with Crippen LogP contribution in [-0.4, -0.2) is 48.6 Å². The number of urea groups is 1. The van der Waals surface area contributed by atoms with Gasteiger partial charge in [-0.15, -0.1) is 0 Å². The molecule has 1 aliphatic rings. The highest BCUT2D eigenvalue weighted by Crippen LogP contribution is 2.13. The van der Waals surface area contributed by atoms with Crippen molar-refractivity contribution in [2.75, 3.05) is 32.0 Å². The van der Waals surface area contributed by atoms with Gasteiger partial charge in [-0.25, -0.2) is 4.79 Å². The minimum absolute atomic E-state index is 0.0332. The number of hydrogen-bond donors (Lipinski definition) is 2. The molecule has 104 valence electrons. The molecule has 19 heavy (non-hydrogen) atoms. The molecule has 3 N–H and O–H groups in total. The largest absolute Gasteiger partial charge is 0.326 e. The van der Waals surface area contributed by atoms with Crippen LogP contribution in [0.1, 0.15) is 12.5 Å². The third-order valence-corrected chi connectivity index (χ3v) is 3.66. The molecule has 1 fully saturated rings. The van der Waals surface area contributed by atoms with Crippen LogP contribution in [0.3, 0.4) is 0 Å². The fourth-order valence-electron chi connectivity index (χ4n) is 2.21. The van der Waals surface area contributed by atoms with Crippen molar-refractivity contribution in [2.24, 2.45) is 5.73 Å². The lowest BCUT2D eigenvalue weighted by molar-refractivity contribution is 0.125. The van der Waals surface area contributed by atoms with Gasteiger partial charge in [0, 0.05) is 37.9 Å². The number of likely N-dealkylation sites (N-methyl/N-ethyl adjacent to an activating group) is 1. The summed E-state index contributed by atoms with van der Waals surface area (Å²) in [6.07, 6.45) is 0. The van der Waals surface area contributed by atoms with E-state index < -0.39 is 0 Å². The summed E-state index contributed by atoms with van der Waals surface area (Å²) >= 11 is 0. The van der Waals surface area contributed by atoms with E-state index in [0.717, 1.165) is 30.9 Å². The fourth-order valence-corrected chi connectivity index (χ4v) is 2.21. The molecule has 1 saturated heterocycles. The van der Waals surface area contributed by atoms with Crippen LogP contribution < -0.4 is 11.1 Å². The van der Waals surface area contributed by atoms with E-state index in [2.05, 4.69) is 24.2 Å². The first-order valence-electron chi connectivity index (χ1n) is 6.65. The first-order valence-corrected chi connectivity index (χ1v) is 6.65. The summed E-state index contributed by atoms with van der Waals surface area (Å²) in [7, 11) is 2.09. The van der Waals surface area contributed by atoms with Crippen LogP contribution >= 0.6 is 0 Å². The van der Waals surface area contributed by atoms with Crippen LogP contribution in [-0.2, 0) is 6.54 Å². The average Bonchev–Trinajstić information content (AvgIpc) is 2.42. The van der Waals surface area contributed by atoms with Gasteiger partial charge >= 0.3 is 6.03 Å². The zero-order valence-electron chi connectivity index (χ0n) is 11.6. The van der Waals surface area contributed by atoms with E-state index in [1.165, 1.54) is 0 Å². The second-order valence-corrected chi connectivity index (χ2v) is 5.11. The van der Waals surface area contributed by atoms with Crippen molar-refractivity contribution in [3.05, 3.63) is 29.8 Å². The Kier molecular flexibility index (Phi) is 4.39. The molecule has 1 aliphatic heterocycles. The monoisotopic (exact) mass is 262 g/mol. The molecule has 0 aromatic heterocycles. The average molecular weight is 262 g/mol. The van der Waals surface area contributed by atoms with Crippen LogP contribution in [0.25, 0.3) is 0 Å². The Bertz CT molecular complexity index is 449. The predicted molar refractivity (Wildman–Crippen MR) is 77.0 cm³/mol. The second kappa shape index (κ2) is 6.04. The zero-order chi connectivity index (χ0) is 13.8. The van der Waals surface area contributed by atoms with Gasteiger partial charge in [-0.3, -0.25) is 0 Å². The maximum atomic E-state index is 12.2. The standard InChI is InChI=1S/C14H22N4O/c1-11-10-18(7-6-17(11)2)14(19)16-13-5-3-4-12(8-13)9-15/h3-5,8,11H,6-7,9-10,15H2,1-2H3,(H,16,19). The summed E-state index contributed by atoms with van der Waals surface area (Å²) in [6.45, 7) is 5.06. The van der Waals surface area contributed by atoms with Crippen molar-refractivity contribution in [2.45, 2.75) is 19.5 Å². The van der Waals surface area contributed by atoms with Crippen LogP contribution in [0, 0.1) is 0 Å². The third kappa shape index (κ3) is 3.45. The number of amides is 2. The molecule has 2 rings (SSSR count). The summed E-state index contributed by atoms with van der Waals surface area (Å²) in [6, 6.07) is 8.02. The van der Waals surface area contributed by atoms with Gasteiger partial charge in [-0.2, -0.15) is 0 Å². The maximum absolute atomic E-state index is 12.2. The molecule has 1 heterocycles. The number of nitrogens with two attached hydrogens (primary N) is 1. The normalized spacial score (nSPS) is 20.4. The highest BCUT2D eigenvalue weighted by atomic mass is 16.2. The summed E-state index contributed by atoms with van der Waals surface area (Å²) in [5, 5.41) is 2.93. The number of carbonyl (C=O) groups is 1. The molecule has 1 unspecified atom stereocenters. The smallest absolute Gasteiger partial charge is 0.321 e. The minimum Gasteiger partial charge on any atom is -0.326 e. The first-order chi connectivity index (χ1) is 9.10. The lowest BCUT2D eigenvalue weighted by Crippen LogP contribution is -2.53. The van der Waals surface area contributed by atoms with Crippen LogP contribution in [0.5, 0.6) is 0 Å². The number of nitrogens with zero attached hydrogens (tertiary/aromatic N) is 2. The number of piperazine rings is 1. The van der Waals surface area contributed by atoms with Crippen LogP contribution in [0.2, 0.25) is 0 Å². The summed E-state index contributed by atoms with van der Waals surface area (Å²) in [4.78, 5) is 16.3. The minimum atomic E-state index is -0.0332. The third-order valence-electron chi connectivity index (χ3n) is 3.66. The molecule has 0 saturated carbocycles. The zero-order valence-corrected chi connectivity index (χ0v) is 11.6. The van der Waals surface area contributed by atoms with Gasteiger partial charge in [0.15, 0.2) is 0 Å². The van der Waals surface area contributed by atoms with Gasteiger partial charge in [0.25, 0.3) is 0 Å². The van der Waals surface area contributed by atoms with E-state index in [4.69, 9.17) is 5.73 Å². The maximum Gasteiger partial charge on any atom is 0.321 e. The van der Waals surface area contributed by atoms with Crippen molar-refractivity contribution in [3.8, 4) is 0 Å². The van der Waals surface area contributed by atoms with Crippen molar-refractivity contribution in [1.82, 2.24) is 9.80 Å². The molecule has 5 nitrogen and oxygen atoms in total. The van der Waals surface area contributed by atoms with Crippen LogP contribution in [0.15, 0.2) is 24.3 Å². The van der Waals surface area contributed by atoms with Gasteiger partial charge in [0.05, 0.1) is 0 Å². The number of benzene rings is 1. The van der Waals surface area contributed by atoms with Crippen molar-refractivity contribution >= 4 is 11.7 Å². The molecule has 0 spiro atoms. The quantitative estimate of drug-likeness (QED) is 0.845. The Hall–Kier alpha value is -1.59. The Morgan fingerprint density at radius 1 is 1.47 bits per heavy atom. The number of nitrogens with one attached hydrogen (secondary N) is 1. The van der Waals surface area contributed by atoms with Gasteiger partial charge in [-0.05, 0) is 31.7 Å². The van der Waals surface area contributed by atoms with Crippen molar-refractivity contribution in [3.63, 3.8) is 0 Å². The number of rotatable bonds is 2. The molecule has 0 bridgehead atoms. The first kappa shape index (κ1) is 13.8. The van der Waals surface area contributed by atoms with Gasteiger partial charge in [0.2, 0.25) is 0 Å². The molecular weight excluding hydrogens is 240 g/mol. The van der Waals surface area contributed by atoms with E-state index in [0.29, 0.717) is 12.6 Å². The molecule has 0 radical (unpaired) electrons. The van der Waals surface area contributed by atoms with Crippen LogP contribution in [0.4, 0.5) is 10.5 Å². The SMILES string of the molecule is CC1CN(C(=O)Nc2cccc(CN)c2)CCN1C. The number of hydrogen-bond acceptors (Lipinski definition) is 3. The summed E-state index contributed by atoms with van der Waals surface area (Å²) < 4.78 is 0.